The zero-order chi connectivity index (χ0) is 11.0. The van der Waals surface area contributed by atoms with Crippen molar-refractivity contribution in [3.8, 4) is 0 Å². The smallest absolute Gasteiger partial charge is 0.146 e. The fourth-order valence-corrected chi connectivity index (χ4v) is 1.36. The SMILES string of the molecule is CC[C@H](CO)[C@@H](O)[C@H](C)COCOC. The molecular formula is C10H22O4. The van der Waals surface area contributed by atoms with Gasteiger partial charge < -0.3 is 19.7 Å². The number of ether oxygens (including phenoxy) is 2. The Morgan fingerprint density at radius 2 is 2.00 bits per heavy atom. The molecule has 0 radical (unpaired) electrons. The summed E-state index contributed by atoms with van der Waals surface area (Å²) >= 11 is 0. The van der Waals surface area contributed by atoms with Crippen LogP contribution in [0, 0.1) is 11.8 Å². The third kappa shape index (κ3) is 4.91. The summed E-state index contributed by atoms with van der Waals surface area (Å²) in [5.41, 5.74) is 0. The molecule has 0 aromatic heterocycles. The molecule has 3 atom stereocenters. The monoisotopic (exact) mass is 206 g/mol. The second-order valence-electron chi connectivity index (χ2n) is 3.60. The van der Waals surface area contributed by atoms with Gasteiger partial charge in [0.25, 0.3) is 0 Å². The van der Waals surface area contributed by atoms with Crippen molar-refractivity contribution in [3.63, 3.8) is 0 Å². The quantitative estimate of drug-likeness (QED) is 0.451. The fraction of sp³-hybridized carbons (Fsp3) is 1.00. The Morgan fingerprint density at radius 1 is 1.36 bits per heavy atom. The normalized spacial score (nSPS) is 17.8. The van der Waals surface area contributed by atoms with Gasteiger partial charge in [0.15, 0.2) is 0 Å². The van der Waals surface area contributed by atoms with Gasteiger partial charge in [-0.05, 0) is 6.42 Å². The molecule has 0 fully saturated rings. The van der Waals surface area contributed by atoms with Gasteiger partial charge in [-0.3, -0.25) is 0 Å². The zero-order valence-corrected chi connectivity index (χ0v) is 9.27. The number of aliphatic hydroxyl groups is 2. The largest absolute Gasteiger partial charge is 0.396 e. The van der Waals surface area contributed by atoms with Gasteiger partial charge >= 0.3 is 0 Å². The van der Waals surface area contributed by atoms with E-state index in [0.29, 0.717) is 6.61 Å². The van der Waals surface area contributed by atoms with Gasteiger partial charge in [-0.1, -0.05) is 13.8 Å². The lowest BCUT2D eigenvalue weighted by Crippen LogP contribution is -2.32. The molecule has 0 spiro atoms. The van der Waals surface area contributed by atoms with E-state index in [2.05, 4.69) is 0 Å². The lowest BCUT2D eigenvalue weighted by Gasteiger charge is -2.25. The van der Waals surface area contributed by atoms with E-state index in [9.17, 15) is 5.11 Å². The van der Waals surface area contributed by atoms with Crippen LogP contribution in [0.15, 0.2) is 0 Å². The standard InChI is InChI=1S/C10H22O4/c1-4-9(5-11)10(12)8(2)6-14-7-13-3/h8-12H,4-7H2,1-3H3/t8-,9-,10+/m1/s1. The highest BCUT2D eigenvalue weighted by Crippen LogP contribution is 2.16. The van der Waals surface area contributed by atoms with Crippen LogP contribution in [-0.4, -0.2) is 43.4 Å². The molecule has 0 amide bonds. The molecule has 0 heterocycles. The van der Waals surface area contributed by atoms with Crippen molar-refractivity contribution < 1.29 is 19.7 Å². The van der Waals surface area contributed by atoms with Crippen molar-refractivity contribution in [2.24, 2.45) is 11.8 Å². The molecule has 4 heteroatoms. The van der Waals surface area contributed by atoms with Crippen LogP contribution < -0.4 is 0 Å². The fourth-order valence-electron chi connectivity index (χ4n) is 1.36. The predicted octanol–water partition coefficient (Wildman–Crippen LogP) is 0.622. The Hall–Kier alpha value is -0.160. The number of hydrogen-bond acceptors (Lipinski definition) is 4. The number of methoxy groups -OCH3 is 1. The summed E-state index contributed by atoms with van der Waals surface area (Å²) in [6, 6.07) is 0. The van der Waals surface area contributed by atoms with Crippen LogP contribution in [0.1, 0.15) is 20.3 Å². The van der Waals surface area contributed by atoms with Gasteiger partial charge in [0.1, 0.15) is 6.79 Å². The van der Waals surface area contributed by atoms with E-state index in [1.54, 1.807) is 7.11 Å². The second-order valence-corrected chi connectivity index (χ2v) is 3.60. The molecule has 0 aliphatic carbocycles. The van der Waals surface area contributed by atoms with Crippen molar-refractivity contribution in [1.29, 1.82) is 0 Å². The minimum atomic E-state index is -0.512. The van der Waals surface area contributed by atoms with Crippen LogP contribution in [0.2, 0.25) is 0 Å². The molecule has 0 saturated heterocycles. The first-order chi connectivity index (χ1) is 6.67. The molecule has 0 aliphatic heterocycles. The molecule has 0 aromatic carbocycles. The maximum Gasteiger partial charge on any atom is 0.146 e. The van der Waals surface area contributed by atoms with Crippen molar-refractivity contribution in [2.45, 2.75) is 26.4 Å². The lowest BCUT2D eigenvalue weighted by molar-refractivity contribution is -0.0690. The minimum absolute atomic E-state index is 0.0160. The number of rotatable bonds is 8. The van der Waals surface area contributed by atoms with Crippen molar-refractivity contribution >= 4 is 0 Å². The molecule has 0 rings (SSSR count). The van der Waals surface area contributed by atoms with Crippen LogP contribution in [0.3, 0.4) is 0 Å². The summed E-state index contributed by atoms with van der Waals surface area (Å²) in [6.07, 6.45) is 0.258. The molecule has 14 heavy (non-hydrogen) atoms. The Bertz CT molecular complexity index is 125. The summed E-state index contributed by atoms with van der Waals surface area (Å²) in [4.78, 5) is 0. The molecule has 2 N–H and O–H groups in total. The lowest BCUT2D eigenvalue weighted by atomic mass is 9.91. The number of aliphatic hydroxyl groups excluding tert-OH is 2. The maximum absolute atomic E-state index is 9.80. The second kappa shape index (κ2) is 8.17. The highest BCUT2D eigenvalue weighted by molar-refractivity contribution is 4.72. The van der Waals surface area contributed by atoms with Crippen LogP contribution >= 0.6 is 0 Å². The average Bonchev–Trinajstić information content (AvgIpc) is 2.19. The van der Waals surface area contributed by atoms with E-state index in [1.807, 2.05) is 13.8 Å². The first-order valence-electron chi connectivity index (χ1n) is 5.02. The topological polar surface area (TPSA) is 58.9 Å². The Labute approximate surface area is 85.8 Å². The molecule has 0 saturated carbocycles. The summed E-state index contributed by atoms with van der Waals surface area (Å²) < 4.78 is 9.87. The van der Waals surface area contributed by atoms with Crippen molar-refractivity contribution in [1.82, 2.24) is 0 Å². The van der Waals surface area contributed by atoms with E-state index in [4.69, 9.17) is 14.6 Å². The third-order valence-corrected chi connectivity index (χ3v) is 2.41. The van der Waals surface area contributed by atoms with Crippen molar-refractivity contribution in [2.75, 3.05) is 27.1 Å². The van der Waals surface area contributed by atoms with Crippen molar-refractivity contribution in [3.05, 3.63) is 0 Å². The Balaban J connectivity index is 3.78. The molecule has 0 aliphatic rings. The van der Waals surface area contributed by atoms with Crippen LogP contribution in [0.5, 0.6) is 0 Å². The van der Waals surface area contributed by atoms with Crippen LogP contribution in [-0.2, 0) is 9.47 Å². The summed E-state index contributed by atoms with van der Waals surface area (Å²) in [6.45, 7) is 4.57. The van der Waals surface area contributed by atoms with Gasteiger partial charge in [0, 0.05) is 25.6 Å². The van der Waals surface area contributed by atoms with Crippen LogP contribution in [0.4, 0.5) is 0 Å². The Morgan fingerprint density at radius 3 is 2.43 bits per heavy atom. The predicted molar refractivity (Wildman–Crippen MR) is 53.9 cm³/mol. The highest BCUT2D eigenvalue weighted by atomic mass is 16.7. The molecule has 0 unspecified atom stereocenters. The van der Waals surface area contributed by atoms with Gasteiger partial charge in [-0.25, -0.2) is 0 Å². The number of hydrogen-bond donors (Lipinski definition) is 2. The first-order valence-corrected chi connectivity index (χ1v) is 5.02. The van der Waals surface area contributed by atoms with Gasteiger partial charge in [-0.15, -0.1) is 0 Å². The Kier molecular flexibility index (Phi) is 8.08. The van der Waals surface area contributed by atoms with E-state index in [1.165, 1.54) is 0 Å². The van der Waals surface area contributed by atoms with Gasteiger partial charge in [0.05, 0.1) is 12.7 Å². The molecule has 86 valence electrons. The highest BCUT2D eigenvalue weighted by Gasteiger charge is 2.22. The van der Waals surface area contributed by atoms with Gasteiger partial charge in [0.2, 0.25) is 0 Å². The minimum Gasteiger partial charge on any atom is -0.396 e. The molecular weight excluding hydrogens is 184 g/mol. The van der Waals surface area contributed by atoms with E-state index >= 15 is 0 Å². The van der Waals surface area contributed by atoms with E-state index in [0.717, 1.165) is 6.42 Å². The molecule has 4 nitrogen and oxygen atoms in total. The molecule has 0 bridgehead atoms. The average molecular weight is 206 g/mol. The van der Waals surface area contributed by atoms with E-state index in [-0.39, 0.29) is 25.2 Å². The maximum atomic E-state index is 9.80. The zero-order valence-electron chi connectivity index (χ0n) is 9.27. The summed E-state index contributed by atoms with van der Waals surface area (Å²) in [7, 11) is 1.56. The summed E-state index contributed by atoms with van der Waals surface area (Å²) in [5.74, 6) is -0.0432. The molecule has 0 aromatic rings. The van der Waals surface area contributed by atoms with Gasteiger partial charge in [-0.2, -0.15) is 0 Å². The summed E-state index contributed by atoms with van der Waals surface area (Å²) in [5, 5.41) is 18.8. The first kappa shape index (κ1) is 13.8. The van der Waals surface area contributed by atoms with Crippen LogP contribution in [0.25, 0.3) is 0 Å². The van der Waals surface area contributed by atoms with E-state index < -0.39 is 6.10 Å². The third-order valence-electron chi connectivity index (χ3n) is 2.41.